The summed E-state index contributed by atoms with van der Waals surface area (Å²) in [5.74, 6) is 0.218. The van der Waals surface area contributed by atoms with Crippen molar-refractivity contribution in [1.29, 1.82) is 0 Å². The van der Waals surface area contributed by atoms with Crippen LogP contribution in [0.2, 0.25) is 0 Å². The van der Waals surface area contributed by atoms with Gasteiger partial charge in [-0.2, -0.15) is 0 Å². The number of imide groups is 1. The molecular weight excluding hydrogens is 384 g/mol. The van der Waals surface area contributed by atoms with Crippen molar-refractivity contribution in [2.45, 2.75) is 82.7 Å². The monoisotopic (exact) mass is 418 g/mol. The van der Waals surface area contributed by atoms with E-state index in [2.05, 4.69) is 5.32 Å². The molecule has 0 aromatic heterocycles. The van der Waals surface area contributed by atoms with E-state index in [0.717, 1.165) is 38.5 Å². The van der Waals surface area contributed by atoms with Crippen LogP contribution in [0.15, 0.2) is 0 Å². The fourth-order valence-corrected chi connectivity index (χ4v) is 5.65. The van der Waals surface area contributed by atoms with E-state index in [0.29, 0.717) is 45.4 Å². The highest BCUT2D eigenvalue weighted by Gasteiger charge is 2.54. The van der Waals surface area contributed by atoms with Crippen LogP contribution in [0.25, 0.3) is 0 Å². The SMILES string of the molecule is CCC(=O)N1CCC2(CC1)NC(=O)N([C@H]1CCCN(C(=O)C3CCCCC3)C1)C2=O. The number of urea groups is 1. The number of amides is 5. The van der Waals surface area contributed by atoms with Crippen LogP contribution in [-0.4, -0.2) is 76.2 Å². The molecule has 1 atom stereocenters. The molecule has 8 nitrogen and oxygen atoms in total. The third-order valence-electron chi connectivity index (χ3n) is 7.49. The van der Waals surface area contributed by atoms with Gasteiger partial charge in [0.2, 0.25) is 11.8 Å². The zero-order valence-electron chi connectivity index (χ0n) is 18.0. The van der Waals surface area contributed by atoms with E-state index < -0.39 is 5.54 Å². The van der Waals surface area contributed by atoms with Gasteiger partial charge in [0, 0.05) is 38.5 Å². The van der Waals surface area contributed by atoms with E-state index in [1.54, 1.807) is 4.90 Å². The highest BCUT2D eigenvalue weighted by atomic mass is 16.2. The van der Waals surface area contributed by atoms with Crippen LogP contribution in [0.3, 0.4) is 0 Å². The first kappa shape index (κ1) is 21.1. The average Bonchev–Trinajstić information content (AvgIpc) is 3.02. The van der Waals surface area contributed by atoms with Crippen molar-refractivity contribution in [1.82, 2.24) is 20.0 Å². The predicted molar refractivity (Wildman–Crippen MR) is 110 cm³/mol. The van der Waals surface area contributed by atoms with Gasteiger partial charge < -0.3 is 15.1 Å². The van der Waals surface area contributed by atoms with Gasteiger partial charge in [0.25, 0.3) is 5.91 Å². The number of hydrogen-bond acceptors (Lipinski definition) is 4. The smallest absolute Gasteiger partial charge is 0.325 e. The Morgan fingerprint density at radius 3 is 2.33 bits per heavy atom. The van der Waals surface area contributed by atoms with Gasteiger partial charge in [-0.1, -0.05) is 26.2 Å². The Morgan fingerprint density at radius 2 is 1.67 bits per heavy atom. The van der Waals surface area contributed by atoms with Crippen LogP contribution >= 0.6 is 0 Å². The molecule has 4 rings (SSSR count). The van der Waals surface area contributed by atoms with E-state index in [9.17, 15) is 19.2 Å². The van der Waals surface area contributed by atoms with Crippen LogP contribution < -0.4 is 5.32 Å². The molecule has 0 aromatic carbocycles. The summed E-state index contributed by atoms with van der Waals surface area (Å²) in [5, 5.41) is 2.95. The maximum Gasteiger partial charge on any atom is 0.325 e. The highest BCUT2D eigenvalue weighted by Crippen LogP contribution is 2.33. The summed E-state index contributed by atoms with van der Waals surface area (Å²) in [6.07, 6.45) is 8.26. The van der Waals surface area contributed by atoms with Gasteiger partial charge in [-0.3, -0.25) is 19.3 Å². The van der Waals surface area contributed by atoms with Gasteiger partial charge in [0.1, 0.15) is 5.54 Å². The van der Waals surface area contributed by atoms with Gasteiger partial charge in [0.05, 0.1) is 6.04 Å². The van der Waals surface area contributed by atoms with E-state index in [4.69, 9.17) is 0 Å². The van der Waals surface area contributed by atoms with Crippen molar-refractivity contribution >= 4 is 23.8 Å². The number of hydrogen-bond donors (Lipinski definition) is 1. The van der Waals surface area contributed by atoms with Crippen LogP contribution in [0, 0.1) is 5.92 Å². The molecule has 5 amide bonds. The molecule has 1 spiro atoms. The molecule has 3 heterocycles. The summed E-state index contributed by atoms with van der Waals surface area (Å²) in [6.45, 7) is 3.98. The molecule has 0 bridgehead atoms. The van der Waals surface area contributed by atoms with Crippen molar-refractivity contribution in [3.63, 3.8) is 0 Å². The first-order valence-electron chi connectivity index (χ1n) is 11.7. The number of piperidine rings is 2. The van der Waals surface area contributed by atoms with Crippen molar-refractivity contribution in [2.24, 2.45) is 5.92 Å². The van der Waals surface area contributed by atoms with Gasteiger partial charge in [-0.25, -0.2) is 4.79 Å². The highest BCUT2D eigenvalue weighted by molar-refractivity contribution is 6.07. The van der Waals surface area contributed by atoms with E-state index in [1.807, 2.05) is 11.8 Å². The fourth-order valence-electron chi connectivity index (χ4n) is 5.65. The lowest BCUT2D eigenvalue weighted by Gasteiger charge is -2.40. The Balaban J connectivity index is 1.41. The molecule has 4 fully saturated rings. The Hall–Kier alpha value is -2.12. The van der Waals surface area contributed by atoms with Gasteiger partial charge in [-0.15, -0.1) is 0 Å². The quantitative estimate of drug-likeness (QED) is 0.709. The molecule has 30 heavy (non-hydrogen) atoms. The number of carbonyl (C=O) groups is 4. The number of carbonyl (C=O) groups excluding carboxylic acids is 4. The molecule has 0 unspecified atom stereocenters. The zero-order chi connectivity index (χ0) is 21.3. The Bertz CT molecular complexity index is 710. The Labute approximate surface area is 178 Å². The standard InChI is InChI=1S/C22H34N4O4/c1-2-18(27)24-13-10-22(11-14-24)20(29)26(21(30)23-22)17-9-6-12-25(15-17)19(28)16-7-4-3-5-8-16/h16-17H,2-15H2,1H3,(H,23,30)/t17-/m0/s1. The molecule has 1 N–H and O–H groups in total. The van der Waals surface area contributed by atoms with Crippen LogP contribution in [0.1, 0.15) is 71.1 Å². The first-order valence-corrected chi connectivity index (χ1v) is 11.7. The maximum absolute atomic E-state index is 13.4. The molecule has 3 saturated heterocycles. The molecule has 0 aromatic rings. The second-order valence-electron chi connectivity index (χ2n) is 9.34. The Morgan fingerprint density at radius 1 is 0.967 bits per heavy atom. The number of likely N-dealkylation sites (tertiary alicyclic amines) is 2. The van der Waals surface area contributed by atoms with Gasteiger partial charge in [0.15, 0.2) is 0 Å². The lowest BCUT2D eigenvalue weighted by atomic mass is 9.86. The molecular formula is C22H34N4O4. The topological polar surface area (TPSA) is 90.0 Å². The van der Waals surface area contributed by atoms with E-state index >= 15 is 0 Å². The van der Waals surface area contributed by atoms with E-state index in [-0.39, 0.29) is 35.7 Å². The third-order valence-corrected chi connectivity index (χ3v) is 7.49. The second-order valence-corrected chi connectivity index (χ2v) is 9.34. The van der Waals surface area contributed by atoms with Crippen LogP contribution in [-0.2, 0) is 14.4 Å². The number of nitrogens with one attached hydrogen (secondary N) is 1. The normalized spacial score (nSPS) is 27.5. The zero-order valence-corrected chi connectivity index (χ0v) is 18.0. The first-order chi connectivity index (χ1) is 14.4. The van der Waals surface area contributed by atoms with Crippen molar-refractivity contribution in [3.8, 4) is 0 Å². The Kier molecular flexibility index (Phi) is 6.02. The molecule has 8 heteroatoms. The third kappa shape index (κ3) is 3.81. The minimum atomic E-state index is -0.892. The predicted octanol–water partition coefficient (Wildman–Crippen LogP) is 1.88. The summed E-state index contributed by atoms with van der Waals surface area (Å²) in [7, 11) is 0. The molecule has 4 aliphatic rings. The van der Waals surface area contributed by atoms with E-state index in [1.165, 1.54) is 11.3 Å². The summed E-state index contributed by atoms with van der Waals surface area (Å²) in [4.78, 5) is 56.2. The summed E-state index contributed by atoms with van der Waals surface area (Å²) < 4.78 is 0. The fraction of sp³-hybridized carbons (Fsp3) is 0.818. The summed E-state index contributed by atoms with van der Waals surface area (Å²) in [6, 6.07) is -0.597. The number of rotatable bonds is 3. The average molecular weight is 419 g/mol. The lowest BCUT2D eigenvalue weighted by molar-refractivity contribution is -0.142. The minimum Gasteiger partial charge on any atom is -0.343 e. The summed E-state index contributed by atoms with van der Waals surface area (Å²) in [5.41, 5.74) is -0.892. The van der Waals surface area contributed by atoms with Crippen LogP contribution in [0.4, 0.5) is 4.79 Å². The lowest BCUT2D eigenvalue weighted by Crippen LogP contribution is -2.57. The molecule has 166 valence electrons. The van der Waals surface area contributed by atoms with Gasteiger partial charge >= 0.3 is 6.03 Å². The molecule has 1 aliphatic carbocycles. The second kappa shape index (κ2) is 8.55. The van der Waals surface area contributed by atoms with Crippen molar-refractivity contribution in [2.75, 3.05) is 26.2 Å². The van der Waals surface area contributed by atoms with Crippen molar-refractivity contribution < 1.29 is 19.2 Å². The molecule has 3 aliphatic heterocycles. The largest absolute Gasteiger partial charge is 0.343 e. The van der Waals surface area contributed by atoms with Crippen LogP contribution in [0.5, 0.6) is 0 Å². The maximum atomic E-state index is 13.4. The summed E-state index contributed by atoms with van der Waals surface area (Å²) >= 11 is 0. The molecule has 0 radical (unpaired) electrons. The molecule has 1 saturated carbocycles. The van der Waals surface area contributed by atoms with Gasteiger partial charge in [-0.05, 0) is 38.5 Å². The van der Waals surface area contributed by atoms with Crippen molar-refractivity contribution in [3.05, 3.63) is 0 Å². The number of nitrogens with zero attached hydrogens (tertiary/aromatic N) is 3. The minimum absolute atomic E-state index is 0.0858.